The van der Waals surface area contributed by atoms with Crippen molar-refractivity contribution in [2.24, 2.45) is 21.5 Å². The second kappa shape index (κ2) is 42.9. The molecule has 2 rings (SSSR count). The molecule has 0 unspecified atom stereocenters. The van der Waals surface area contributed by atoms with E-state index in [0.717, 1.165) is 42.7 Å². The van der Waals surface area contributed by atoms with Gasteiger partial charge in [0.05, 0.1) is 144 Å². The second-order valence-corrected chi connectivity index (χ2v) is 15.3. The molecule has 0 bridgehead atoms. The van der Waals surface area contributed by atoms with Crippen LogP contribution in [0.1, 0.15) is 52.4 Å². The number of ether oxygens (including phenoxy) is 10. The van der Waals surface area contributed by atoms with Crippen LogP contribution in [0.25, 0.3) is 0 Å². The van der Waals surface area contributed by atoms with Gasteiger partial charge >= 0.3 is 0 Å². The molecule has 0 atom stereocenters. The number of nitrogens with one attached hydrogen (secondary N) is 2. The lowest BCUT2D eigenvalue weighted by molar-refractivity contribution is -0.180. The zero-order valence-corrected chi connectivity index (χ0v) is 41.9. The summed E-state index contributed by atoms with van der Waals surface area (Å²) in [4.78, 5) is 75.5. The monoisotopic (exact) mass is 1010 g/mol. The topological polar surface area (TPSA) is 294 Å². The zero-order chi connectivity index (χ0) is 51.4. The first-order valence-corrected chi connectivity index (χ1v) is 24.5. The number of rotatable bonds is 46. The van der Waals surface area contributed by atoms with E-state index in [-0.39, 0.29) is 50.2 Å². The Morgan fingerprint density at radius 3 is 1.59 bits per heavy atom. The summed E-state index contributed by atoms with van der Waals surface area (Å²) < 4.78 is 54.8. The number of carbonyl (C=O) groups excluding carboxylic acids is 5. The molecule has 0 spiro atoms. The van der Waals surface area contributed by atoms with Crippen molar-refractivity contribution < 1.29 is 76.2 Å². The van der Waals surface area contributed by atoms with Crippen molar-refractivity contribution in [1.29, 1.82) is 0 Å². The standard InChI is InChI=1S/C47H80N8O16/c1-3-14-55(71-4-2)47(60)39-35-40(41(37-48)53-42(49)36-39)50-11-6-5-7-12-51-43(56)10-15-61-17-19-63-21-23-65-25-27-67-29-31-69-33-34-70-32-30-68-28-26-66-24-22-64-20-18-62-16-13-52-44(57)38-54-45(58)8-9-46(54)59/h8-9,35,37H,3-7,10-34,36,38,48H2,1-2H3,(H2,49,53)(H,51,56)(H,52,57). The Morgan fingerprint density at radius 1 is 0.662 bits per heavy atom. The molecule has 24 heteroatoms. The molecule has 0 aromatic rings. The van der Waals surface area contributed by atoms with Gasteiger partial charge in [-0.05, 0) is 38.7 Å². The van der Waals surface area contributed by atoms with Crippen molar-refractivity contribution in [2.75, 3.05) is 171 Å². The number of aliphatic imine (C=N–C) groups is 2. The summed E-state index contributed by atoms with van der Waals surface area (Å²) in [7, 11) is 0. The lowest BCUT2D eigenvalue weighted by Gasteiger charge is -2.21. The van der Waals surface area contributed by atoms with E-state index in [4.69, 9.17) is 63.7 Å². The van der Waals surface area contributed by atoms with Crippen LogP contribution in [0.15, 0.2) is 45.7 Å². The maximum absolute atomic E-state index is 13.1. The number of imide groups is 1. The molecule has 0 aromatic heterocycles. The van der Waals surface area contributed by atoms with Crippen molar-refractivity contribution in [1.82, 2.24) is 20.6 Å². The number of carbonyl (C=O) groups is 5. The molecule has 2 aliphatic heterocycles. The van der Waals surface area contributed by atoms with Gasteiger partial charge in [-0.2, -0.15) is 0 Å². The zero-order valence-electron chi connectivity index (χ0n) is 41.9. The van der Waals surface area contributed by atoms with Gasteiger partial charge in [0.2, 0.25) is 11.8 Å². The normalized spacial score (nSPS) is 14.9. The second-order valence-electron chi connectivity index (χ2n) is 15.3. The first-order valence-electron chi connectivity index (χ1n) is 24.5. The number of hydrogen-bond acceptors (Lipinski definition) is 20. The molecule has 2 heterocycles. The van der Waals surface area contributed by atoms with E-state index in [9.17, 15) is 24.0 Å². The number of amidine groups is 1. The highest BCUT2D eigenvalue weighted by atomic mass is 16.7. The lowest BCUT2D eigenvalue weighted by Crippen LogP contribution is -2.41. The van der Waals surface area contributed by atoms with Gasteiger partial charge < -0.3 is 69.5 Å². The molecule has 0 saturated heterocycles. The third-order valence-electron chi connectivity index (χ3n) is 9.61. The fourth-order valence-electron chi connectivity index (χ4n) is 6.09. The minimum atomic E-state index is -0.499. The van der Waals surface area contributed by atoms with E-state index in [0.29, 0.717) is 169 Å². The summed E-state index contributed by atoms with van der Waals surface area (Å²) in [6.45, 7) is 13.8. The van der Waals surface area contributed by atoms with Gasteiger partial charge in [-0.15, -0.1) is 0 Å². The molecule has 0 aliphatic carbocycles. The number of nitrogens with zero attached hydrogens (tertiary/aromatic N) is 4. The smallest absolute Gasteiger partial charge is 0.273 e. The molecule has 0 radical (unpaired) electrons. The van der Waals surface area contributed by atoms with Crippen molar-refractivity contribution in [3.8, 4) is 0 Å². The first-order chi connectivity index (χ1) is 34.7. The Morgan fingerprint density at radius 2 is 1.13 bits per heavy atom. The van der Waals surface area contributed by atoms with Gasteiger partial charge in [-0.25, -0.2) is 10.1 Å². The summed E-state index contributed by atoms with van der Waals surface area (Å²) in [5.74, 6) is -1.51. The van der Waals surface area contributed by atoms with E-state index in [1.165, 1.54) is 11.3 Å². The summed E-state index contributed by atoms with van der Waals surface area (Å²) in [6.07, 6.45) is 8.87. The molecular formula is C47H80N8O16. The number of unbranched alkanes of at least 4 members (excludes halogenated alkanes) is 2. The fraction of sp³-hybridized carbons (Fsp3) is 0.723. The van der Waals surface area contributed by atoms with Gasteiger partial charge in [-0.3, -0.25) is 38.7 Å². The van der Waals surface area contributed by atoms with Crippen molar-refractivity contribution >= 4 is 41.1 Å². The van der Waals surface area contributed by atoms with Crippen LogP contribution in [0.3, 0.4) is 0 Å². The maximum atomic E-state index is 13.1. The van der Waals surface area contributed by atoms with Crippen LogP contribution in [-0.2, 0) is 76.2 Å². The van der Waals surface area contributed by atoms with Gasteiger partial charge in [0.15, 0.2) is 0 Å². The summed E-state index contributed by atoms with van der Waals surface area (Å²) in [5, 5.41) is 6.85. The Hall–Kier alpha value is -4.73. The van der Waals surface area contributed by atoms with Gasteiger partial charge in [0, 0.05) is 62.9 Å². The molecular weight excluding hydrogens is 933 g/mol. The lowest BCUT2D eigenvalue weighted by atomic mass is 10.1. The van der Waals surface area contributed by atoms with Crippen molar-refractivity contribution in [3.05, 3.63) is 35.7 Å². The SMILES string of the molecule is CCCN(OCC)C(=O)C1=CC(=NCCCCCNC(=O)CCOCCOCCOCCOCCOCCOCCOCCOCCOCCOCCNC(=O)CN2C(=O)C=CC2=O)C(=CN)N=C(N)C1. The molecule has 404 valence electrons. The number of hydrogen-bond donors (Lipinski definition) is 4. The highest BCUT2D eigenvalue weighted by Crippen LogP contribution is 2.17. The quantitative estimate of drug-likeness (QED) is 0.0354. The highest BCUT2D eigenvalue weighted by molar-refractivity contribution is 6.16. The predicted octanol–water partition coefficient (Wildman–Crippen LogP) is -0.0113. The predicted molar refractivity (Wildman–Crippen MR) is 261 cm³/mol. The van der Waals surface area contributed by atoms with Crippen LogP contribution in [0.2, 0.25) is 0 Å². The first kappa shape index (κ1) is 62.4. The van der Waals surface area contributed by atoms with Crippen LogP contribution in [0.5, 0.6) is 0 Å². The molecule has 0 fully saturated rings. The van der Waals surface area contributed by atoms with E-state index in [2.05, 4.69) is 20.6 Å². The average Bonchev–Trinajstić information content (AvgIpc) is 3.57. The number of allylic oxidation sites excluding steroid dienone is 1. The van der Waals surface area contributed by atoms with Crippen LogP contribution in [0.4, 0.5) is 0 Å². The Balaban J connectivity index is 1.26. The van der Waals surface area contributed by atoms with Crippen molar-refractivity contribution in [3.63, 3.8) is 0 Å². The summed E-state index contributed by atoms with van der Waals surface area (Å²) in [5.41, 5.74) is 13.2. The summed E-state index contributed by atoms with van der Waals surface area (Å²) in [6, 6.07) is 0. The molecule has 2 aliphatic rings. The van der Waals surface area contributed by atoms with Gasteiger partial charge in [0.1, 0.15) is 18.1 Å². The Labute approximate surface area is 418 Å². The highest BCUT2D eigenvalue weighted by Gasteiger charge is 2.26. The minimum Gasteiger partial charge on any atom is -0.403 e. The van der Waals surface area contributed by atoms with Crippen LogP contribution in [0, 0.1) is 0 Å². The third-order valence-corrected chi connectivity index (χ3v) is 9.61. The van der Waals surface area contributed by atoms with E-state index in [1.54, 1.807) is 6.08 Å². The van der Waals surface area contributed by atoms with Gasteiger partial charge in [0.25, 0.3) is 17.7 Å². The Kier molecular flexibility index (Phi) is 37.7. The number of nitrogens with two attached hydrogens (primary N) is 2. The van der Waals surface area contributed by atoms with E-state index in [1.807, 2.05) is 13.8 Å². The largest absolute Gasteiger partial charge is 0.403 e. The van der Waals surface area contributed by atoms with Crippen molar-refractivity contribution in [2.45, 2.75) is 52.4 Å². The average molecular weight is 1010 g/mol. The van der Waals surface area contributed by atoms with Crippen LogP contribution >= 0.6 is 0 Å². The summed E-state index contributed by atoms with van der Waals surface area (Å²) >= 11 is 0. The molecule has 0 aromatic carbocycles. The van der Waals surface area contributed by atoms with E-state index >= 15 is 0 Å². The molecule has 6 N–H and O–H groups in total. The van der Waals surface area contributed by atoms with Crippen LogP contribution in [-0.4, -0.2) is 223 Å². The molecule has 0 saturated carbocycles. The minimum absolute atomic E-state index is 0.0742. The number of hydroxylamine groups is 2. The maximum Gasteiger partial charge on any atom is 0.273 e. The molecule has 24 nitrogen and oxygen atoms in total. The van der Waals surface area contributed by atoms with Gasteiger partial charge in [-0.1, -0.05) is 6.92 Å². The van der Waals surface area contributed by atoms with Crippen LogP contribution < -0.4 is 22.1 Å². The van der Waals surface area contributed by atoms with E-state index < -0.39 is 17.7 Å². The fourth-order valence-corrected chi connectivity index (χ4v) is 6.09. The third kappa shape index (κ3) is 32.1. The Bertz CT molecular complexity index is 1640. The molecule has 5 amide bonds. The molecule has 71 heavy (non-hydrogen) atoms. The number of amides is 5.